The summed E-state index contributed by atoms with van der Waals surface area (Å²) in [4.78, 5) is 0. The van der Waals surface area contributed by atoms with E-state index >= 15 is 0 Å². The van der Waals surface area contributed by atoms with Crippen LogP contribution in [0.4, 0.5) is 0 Å². The molecule has 0 saturated heterocycles. The molecule has 0 aliphatic carbocycles. The van der Waals surface area contributed by atoms with Gasteiger partial charge in [-0.3, -0.25) is 0 Å². The van der Waals surface area contributed by atoms with E-state index < -0.39 is 0 Å². The molecule has 1 aromatic carbocycles. The summed E-state index contributed by atoms with van der Waals surface area (Å²) in [5.41, 5.74) is 6.26. The second kappa shape index (κ2) is 28.2. The van der Waals surface area contributed by atoms with Crippen LogP contribution in [0.1, 0.15) is 123 Å². The Morgan fingerprint density at radius 2 is 1.00 bits per heavy atom. The third-order valence-corrected chi connectivity index (χ3v) is 6.60. The zero-order chi connectivity index (χ0) is 20.5. The van der Waals surface area contributed by atoms with Gasteiger partial charge in [-0.1, -0.05) is 141 Å². The topological polar surface area (TPSA) is 101 Å². The van der Waals surface area contributed by atoms with Crippen LogP contribution in [0.15, 0.2) is 30.3 Å². The summed E-state index contributed by atoms with van der Waals surface area (Å²) >= 11 is 0. The van der Waals surface area contributed by atoms with E-state index in [-0.39, 0.29) is 49.5 Å². The molecule has 11 N–H and O–H groups in total. The summed E-state index contributed by atoms with van der Waals surface area (Å²) in [5.74, 6) is 0. The zero-order valence-corrected chi connectivity index (χ0v) is 24.9. The normalized spacial score (nSPS) is 11.0. The van der Waals surface area contributed by atoms with E-state index in [4.69, 9.17) is 0 Å². The van der Waals surface area contributed by atoms with E-state index in [2.05, 4.69) is 56.8 Å². The molecule has 0 spiro atoms. The minimum atomic E-state index is 0. The van der Waals surface area contributed by atoms with Gasteiger partial charge in [-0.2, -0.15) is 0 Å². The van der Waals surface area contributed by atoms with Gasteiger partial charge in [0.15, 0.2) is 0 Å². The Kier molecular flexibility index (Phi) is 36.8. The molecule has 202 valence electrons. The molecule has 0 aromatic heterocycles. The maximum absolute atomic E-state index is 4.49. The van der Waals surface area contributed by atoms with Crippen molar-refractivity contribution in [1.82, 2.24) is 12.3 Å². The third kappa shape index (κ3) is 23.5. The lowest BCUT2D eigenvalue weighted by atomic mass is 9.77. The second-order valence-corrected chi connectivity index (χ2v) is 9.72. The molecule has 0 saturated carbocycles. The van der Waals surface area contributed by atoms with Gasteiger partial charge < -0.3 is 55.3 Å². The lowest BCUT2D eigenvalue weighted by Crippen LogP contribution is -3.00. The predicted octanol–water partition coefficient (Wildman–Crippen LogP) is -0.498. The Labute approximate surface area is 225 Å². The lowest BCUT2D eigenvalue weighted by molar-refractivity contribution is -0.445. The first-order valence-corrected chi connectivity index (χ1v) is 12.4. The average molecular weight is 531 g/mol. The lowest BCUT2D eigenvalue weighted by Gasteiger charge is -2.29. The van der Waals surface area contributed by atoms with Crippen molar-refractivity contribution in [2.75, 3.05) is 0 Å². The van der Waals surface area contributed by atoms with E-state index in [0.29, 0.717) is 11.5 Å². The van der Waals surface area contributed by atoms with Gasteiger partial charge in [0.05, 0.1) is 6.04 Å². The number of unbranched alkanes of at least 4 members (excludes halogenated alkanes) is 13. The Hall–Kier alpha value is -0.0300. The van der Waals surface area contributed by atoms with Crippen molar-refractivity contribution in [2.24, 2.45) is 5.41 Å². The van der Waals surface area contributed by atoms with Crippen LogP contribution in [-0.2, 0) is 6.42 Å². The number of quaternary nitrogens is 3. The van der Waals surface area contributed by atoms with E-state index in [1.165, 1.54) is 102 Å². The molecular weight excluding hydrogens is 473 g/mol. The standard InChI is InChI=1S/C27H49N.3ClH.2H3N/c1-4-5-6-7-8-9-10-11-12-13-14-15-16-20-23-27(2,3)26(28)24-25-21-18-17-19-22-25;;;;;/h17-19,21-22,26H,4-16,20,23-24,28H2,1-3H3;3*1H;2*1H3. The van der Waals surface area contributed by atoms with Crippen molar-refractivity contribution in [3.8, 4) is 0 Å². The van der Waals surface area contributed by atoms with Gasteiger partial charge in [0.25, 0.3) is 0 Å². The summed E-state index contributed by atoms with van der Waals surface area (Å²) in [6.45, 7) is 7.12. The van der Waals surface area contributed by atoms with E-state index in [9.17, 15) is 0 Å². The molecular formula is C27H58Cl3N3. The highest BCUT2D eigenvalue weighted by Gasteiger charge is 2.29. The molecule has 3 nitrogen and oxygen atoms in total. The number of halogens is 3. The largest absolute Gasteiger partial charge is 1.00 e. The van der Waals surface area contributed by atoms with Crippen molar-refractivity contribution < 1.29 is 43.0 Å². The molecule has 1 unspecified atom stereocenters. The summed E-state index contributed by atoms with van der Waals surface area (Å²) in [7, 11) is 0. The first kappa shape index (κ1) is 43.1. The van der Waals surface area contributed by atoms with Gasteiger partial charge in [0, 0.05) is 11.8 Å². The van der Waals surface area contributed by atoms with Crippen LogP contribution in [0, 0.1) is 5.41 Å². The van der Waals surface area contributed by atoms with Crippen LogP contribution in [0.3, 0.4) is 0 Å². The van der Waals surface area contributed by atoms with Crippen molar-refractivity contribution in [1.29, 1.82) is 0 Å². The smallest absolute Gasteiger partial charge is 0.0935 e. The van der Waals surface area contributed by atoms with Gasteiger partial charge in [-0.05, 0) is 12.0 Å². The number of hydrogen-bond acceptors (Lipinski definition) is 0. The molecule has 0 bridgehead atoms. The molecule has 0 amide bonds. The molecule has 6 heteroatoms. The first-order valence-electron chi connectivity index (χ1n) is 12.4. The average Bonchev–Trinajstić information content (AvgIpc) is 2.69. The Morgan fingerprint density at radius 1 is 0.636 bits per heavy atom. The molecule has 33 heavy (non-hydrogen) atoms. The van der Waals surface area contributed by atoms with Gasteiger partial charge in [0.2, 0.25) is 0 Å². The van der Waals surface area contributed by atoms with Gasteiger partial charge >= 0.3 is 0 Å². The van der Waals surface area contributed by atoms with Crippen LogP contribution in [0.25, 0.3) is 0 Å². The summed E-state index contributed by atoms with van der Waals surface area (Å²) < 4.78 is 0. The highest BCUT2D eigenvalue weighted by Crippen LogP contribution is 2.28. The van der Waals surface area contributed by atoms with Gasteiger partial charge in [0.1, 0.15) is 0 Å². The number of hydrogen-bond donors (Lipinski definition) is 3. The Balaban J connectivity index is -0.000000523. The fourth-order valence-electron chi connectivity index (χ4n) is 4.15. The van der Waals surface area contributed by atoms with Crippen LogP contribution >= 0.6 is 0 Å². The summed E-state index contributed by atoms with van der Waals surface area (Å²) in [6.07, 6.45) is 22.5. The Morgan fingerprint density at radius 3 is 1.39 bits per heavy atom. The zero-order valence-electron chi connectivity index (χ0n) is 22.6. The van der Waals surface area contributed by atoms with Crippen molar-refractivity contribution in [2.45, 2.75) is 130 Å². The molecule has 0 aliphatic heterocycles. The second-order valence-electron chi connectivity index (χ2n) is 9.72. The van der Waals surface area contributed by atoms with E-state index in [1.54, 1.807) is 0 Å². The van der Waals surface area contributed by atoms with Crippen molar-refractivity contribution >= 4 is 0 Å². The quantitative estimate of drug-likeness (QED) is 0.213. The molecule has 0 aliphatic rings. The fourth-order valence-corrected chi connectivity index (χ4v) is 4.15. The maximum atomic E-state index is 4.49. The minimum Gasteiger partial charge on any atom is -1.00 e. The first-order chi connectivity index (χ1) is 13.6. The van der Waals surface area contributed by atoms with Crippen LogP contribution in [-0.4, -0.2) is 6.04 Å². The number of benzene rings is 1. The molecule has 0 fully saturated rings. The van der Waals surface area contributed by atoms with Crippen molar-refractivity contribution in [3.63, 3.8) is 0 Å². The minimum absolute atomic E-state index is 0. The van der Waals surface area contributed by atoms with Gasteiger partial charge in [-0.15, -0.1) is 0 Å². The van der Waals surface area contributed by atoms with Gasteiger partial charge in [-0.25, -0.2) is 0 Å². The molecule has 0 radical (unpaired) electrons. The molecule has 0 heterocycles. The third-order valence-electron chi connectivity index (χ3n) is 6.60. The van der Waals surface area contributed by atoms with E-state index in [0.717, 1.165) is 6.42 Å². The van der Waals surface area contributed by atoms with Crippen LogP contribution < -0.4 is 55.3 Å². The summed E-state index contributed by atoms with van der Waals surface area (Å²) in [5, 5.41) is 0. The fraction of sp³-hybridized carbons (Fsp3) is 0.778. The van der Waals surface area contributed by atoms with Crippen LogP contribution in [0.2, 0.25) is 0 Å². The monoisotopic (exact) mass is 529 g/mol. The number of rotatable bonds is 18. The highest BCUT2D eigenvalue weighted by molar-refractivity contribution is 5.15. The maximum Gasteiger partial charge on any atom is 0.0935 e. The van der Waals surface area contributed by atoms with E-state index in [1.807, 2.05) is 0 Å². The summed E-state index contributed by atoms with van der Waals surface area (Å²) in [6, 6.07) is 11.4. The SMILES string of the molecule is CCCCCCCCCCCCCCCCC(C)(C)C([NH3+])Cc1ccccc1.[Cl-].[Cl-].[Cl-].[NH4+].[NH4+]. The molecule has 1 aromatic rings. The van der Waals surface area contributed by atoms with Crippen LogP contribution in [0.5, 0.6) is 0 Å². The molecule has 1 atom stereocenters. The van der Waals surface area contributed by atoms with Crippen molar-refractivity contribution in [3.05, 3.63) is 35.9 Å². The highest BCUT2D eigenvalue weighted by atomic mass is 35.5. The molecule has 1 rings (SSSR count). The predicted molar refractivity (Wildman–Crippen MR) is 138 cm³/mol. The Bertz CT molecular complexity index is 473.